The molecule has 118 valence electrons. The minimum atomic E-state index is 0.363. The Labute approximate surface area is 129 Å². The molecule has 1 heterocycles. The SMILES string of the molecule is CNC(c1ccccc1)C(C(C)C)N1CCCC(OC)C1. The highest BCUT2D eigenvalue weighted by Gasteiger charge is 2.33. The maximum Gasteiger partial charge on any atom is 0.0698 e. The van der Waals surface area contributed by atoms with Crippen molar-refractivity contribution in [1.29, 1.82) is 0 Å². The van der Waals surface area contributed by atoms with Crippen LogP contribution in [0.15, 0.2) is 30.3 Å². The molecule has 0 aliphatic carbocycles. The molecule has 3 heteroatoms. The van der Waals surface area contributed by atoms with E-state index < -0.39 is 0 Å². The zero-order chi connectivity index (χ0) is 15.2. The van der Waals surface area contributed by atoms with Gasteiger partial charge >= 0.3 is 0 Å². The molecule has 3 nitrogen and oxygen atoms in total. The molecular weight excluding hydrogens is 260 g/mol. The summed E-state index contributed by atoms with van der Waals surface area (Å²) in [7, 11) is 3.91. The number of ether oxygens (including phenoxy) is 1. The van der Waals surface area contributed by atoms with E-state index in [-0.39, 0.29) is 0 Å². The summed E-state index contributed by atoms with van der Waals surface area (Å²) in [6, 6.07) is 11.7. The van der Waals surface area contributed by atoms with Gasteiger partial charge in [-0.05, 0) is 37.9 Å². The fraction of sp³-hybridized carbons (Fsp3) is 0.667. The molecule has 1 aromatic rings. The van der Waals surface area contributed by atoms with Gasteiger partial charge in [-0.1, -0.05) is 44.2 Å². The van der Waals surface area contributed by atoms with Crippen LogP contribution in [0.25, 0.3) is 0 Å². The van der Waals surface area contributed by atoms with Gasteiger partial charge in [0.2, 0.25) is 0 Å². The summed E-state index contributed by atoms with van der Waals surface area (Å²) in [4.78, 5) is 2.62. The summed E-state index contributed by atoms with van der Waals surface area (Å²) in [6.45, 7) is 6.88. The van der Waals surface area contributed by atoms with Crippen LogP contribution in [0.5, 0.6) is 0 Å². The molecule has 1 aliphatic heterocycles. The smallest absolute Gasteiger partial charge is 0.0698 e. The van der Waals surface area contributed by atoms with Gasteiger partial charge in [-0.2, -0.15) is 0 Å². The first-order chi connectivity index (χ1) is 10.2. The highest BCUT2D eigenvalue weighted by molar-refractivity contribution is 5.21. The number of piperidine rings is 1. The van der Waals surface area contributed by atoms with E-state index in [1.165, 1.54) is 24.9 Å². The molecule has 0 aromatic heterocycles. The van der Waals surface area contributed by atoms with Gasteiger partial charge in [0, 0.05) is 25.7 Å². The molecule has 1 aliphatic rings. The van der Waals surface area contributed by atoms with Crippen molar-refractivity contribution in [3.8, 4) is 0 Å². The van der Waals surface area contributed by atoms with Crippen molar-refractivity contribution in [2.24, 2.45) is 5.92 Å². The van der Waals surface area contributed by atoms with Gasteiger partial charge in [0.15, 0.2) is 0 Å². The Bertz CT molecular complexity index is 407. The lowest BCUT2D eigenvalue weighted by Crippen LogP contribution is -2.52. The second-order valence-corrected chi connectivity index (χ2v) is 6.41. The number of hydrogen-bond donors (Lipinski definition) is 1. The Morgan fingerprint density at radius 1 is 1.24 bits per heavy atom. The molecule has 0 spiro atoms. The first kappa shape index (κ1) is 16.5. The van der Waals surface area contributed by atoms with Crippen LogP contribution in [0, 0.1) is 5.92 Å². The van der Waals surface area contributed by atoms with Gasteiger partial charge in [0.1, 0.15) is 0 Å². The minimum absolute atomic E-state index is 0.363. The zero-order valence-corrected chi connectivity index (χ0v) is 13.9. The molecule has 0 radical (unpaired) electrons. The van der Waals surface area contributed by atoms with Crippen LogP contribution in [-0.4, -0.2) is 44.3 Å². The maximum absolute atomic E-state index is 5.61. The largest absolute Gasteiger partial charge is 0.380 e. The average molecular weight is 290 g/mol. The van der Waals surface area contributed by atoms with Gasteiger partial charge in [0.05, 0.1) is 6.10 Å². The molecular formula is C18H30N2O. The van der Waals surface area contributed by atoms with Crippen molar-refractivity contribution in [3.63, 3.8) is 0 Å². The van der Waals surface area contributed by atoms with Gasteiger partial charge in [-0.3, -0.25) is 4.90 Å². The second kappa shape index (κ2) is 7.92. The third kappa shape index (κ3) is 4.06. The first-order valence-corrected chi connectivity index (χ1v) is 8.16. The van der Waals surface area contributed by atoms with Crippen LogP contribution in [-0.2, 0) is 4.74 Å². The van der Waals surface area contributed by atoms with Crippen LogP contribution in [0.4, 0.5) is 0 Å². The van der Waals surface area contributed by atoms with Crippen LogP contribution in [0.1, 0.15) is 38.3 Å². The first-order valence-electron chi connectivity index (χ1n) is 8.16. The maximum atomic E-state index is 5.61. The van der Waals surface area contributed by atoms with E-state index in [0.29, 0.717) is 24.1 Å². The highest BCUT2D eigenvalue weighted by atomic mass is 16.5. The van der Waals surface area contributed by atoms with E-state index in [9.17, 15) is 0 Å². The number of hydrogen-bond acceptors (Lipinski definition) is 3. The van der Waals surface area contributed by atoms with Gasteiger partial charge in [0.25, 0.3) is 0 Å². The summed E-state index contributed by atoms with van der Waals surface area (Å²) in [5.74, 6) is 0.596. The van der Waals surface area contributed by atoms with E-state index in [4.69, 9.17) is 4.74 Å². The monoisotopic (exact) mass is 290 g/mol. The minimum Gasteiger partial charge on any atom is -0.380 e. The van der Waals surface area contributed by atoms with Gasteiger partial charge in [-0.15, -0.1) is 0 Å². The van der Waals surface area contributed by atoms with Crippen LogP contribution < -0.4 is 5.32 Å². The third-order valence-electron chi connectivity index (χ3n) is 4.66. The zero-order valence-electron chi connectivity index (χ0n) is 13.9. The summed E-state index contributed by atoms with van der Waals surface area (Å²) in [5, 5.41) is 3.55. The summed E-state index contributed by atoms with van der Waals surface area (Å²) in [5.41, 5.74) is 1.37. The Morgan fingerprint density at radius 3 is 2.52 bits per heavy atom. The fourth-order valence-corrected chi connectivity index (χ4v) is 3.64. The summed E-state index contributed by atoms with van der Waals surface area (Å²) >= 11 is 0. The number of likely N-dealkylation sites (tertiary alicyclic amines) is 1. The predicted octanol–water partition coefficient (Wildman–Crippen LogP) is 3.08. The lowest BCUT2D eigenvalue weighted by atomic mass is 9.88. The van der Waals surface area contributed by atoms with Crippen molar-refractivity contribution >= 4 is 0 Å². The van der Waals surface area contributed by atoms with Crippen LogP contribution >= 0.6 is 0 Å². The number of methoxy groups -OCH3 is 1. The van der Waals surface area contributed by atoms with E-state index in [1.54, 1.807) is 0 Å². The number of benzene rings is 1. The lowest BCUT2D eigenvalue weighted by Gasteiger charge is -2.43. The number of nitrogens with zero attached hydrogens (tertiary/aromatic N) is 1. The van der Waals surface area contributed by atoms with Crippen LogP contribution in [0.2, 0.25) is 0 Å². The fourth-order valence-electron chi connectivity index (χ4n) is 3.64. The molecule has 0 saturated carbocycles. The van der Waals surface area contributed by atoms with E-state index in [2.05, 4.69) is 61.4 Å². The highest BCUT2D eigenvalue weighted by Crippen LogP contribution is 2.29. The predicted molar refractivity (Wildman–Crippen MR) is 88.5 cm³/mol. The number of rotatable bonds is 6. The number of likely N-dealkylation sites (N-methyl/N-ethyl adjacent to an activating group) is 1. The Hall–Kier alpha value is -0.900. The van der Waals surface area contributed by atoms with Crippen molar-refractivity contribution in [2.75, 3.05) is 27.2 Å². The molecule has 21 heavy (non-hydrogen) atoms. The summed E-state index contributed by atoms with van der Waals surface area (Å²) in [6.07, 6.45) is 2.80. The Kier molecular flexibility index (Phi) is 6.22. The second-order valence-electron chi connectivity index (χ2n) is 6.41. The van der Waals surface area contributed by atoms with Crippen molar-refractivity contribution in [3.05, 3.63) is 35.9 Å². The van der Waals surface area contributed by atoms with Crippen molar-refractivity contribution < 1.29 is 4.74 Å². The molecule has 1 N–H and O–H groups in total. The van der Waals surface area contributed by atoms with Crippen molar-refractivity contribution in [1.82, 2.24) is 10.2 Å². The topological polar surface area (TPSA) is 24.5 Å². The average Bonchev–Trinajstić information content (AvgIpc) is 2.53. The lowest BCUT2D eigenvalue weighted by molar-refractivity contribution is -0.00282. The molecule has 3 atom stereocenters. The molecule has 2 rings (SSSR count). The normalized spacial score (nSPS) is 23.2. The molecule has 1 fully saturated rings. The molecule has 0 bridgehead atoms. The molecule has 3 unspecified atom stereocenters. The standard InChI is InChI=1S/C18H30N2O/c1-14(2)18(20-12-8-11-16(13-20)21-4)17(19-3)15-9-6-5-7-10-15/h5-7,9-10,14,16-19H,8,11-13H2,1-4H3. The number of nitrogens with one attached hydrogen (secondary N) is 1. The van der Waals surface area contributed by atoms with E-state index in [0.717, 1.165) is 6.54 Å². The Morgan fingerprint density at radius 2 is 1.95 bits per heavy atom. The summed E-state index contributed by atoms with van der Waals surface area (Å²) < 4.78 is 5.61. The molecule has 1 aromatic carbocycles. The molecule has 0 amide bonds. The van der Waals surface area contributed by atoms with Gasteiger partial charge < -0.3 is 10.1 Å². The quantitative estimate of drug-likeness (QED) is 0.871. The van der Waals surface area contributed by atoms with Crippen LogP contribution in [0.3, 0.4) is 0 Å². The van der Waals surface area contributed by atoms with Gasteiger partial charge in [-0.25, -0.2) is 0 Å². The Balaban J connectivity index is 2.20. The van der Waals surface area contributed by atoms with E-state index >= 15 is 0 Å². The van der Waals surface area contributed by atoms with E-state index in [1.807, 2.05) is 7.11 Å². The molecule has 1 saturated heterocycles. The third-order valence-corrected chi connectivity index (χ3v) is 4.66. The van der Waals surface area contributed by atoms with Crippen molar-refractivity contribution in [2.45, 2.75) is 44.9 Å².